The lowest BCUT2D eigenvalue weighted by molar-refractivity contribution is -0.108. The molecule has 1 saturated carbocycles. The van der Waals surface area contributed by atoms with E-state index < -0.39 is 0 Å². The predicted molar refractivity (Wildman–Crippen MR) is 77.9 cm³/mol. The third-order valence-electron chi connectivity index (χ3n) is 4.72. The van der Waals surface area contributed by atoms with Crippen molar-refractivity contribution in [2.24, 2.45) is 11.7 Å². The summed E-state index contributed by atoms with van der Waals surface area (Å²) >= 11 is 0. The van der Waals surface area contributed by atoms with Crippen LogP contribution in [0, 0.1) is 5.92 Å². The first-order chi connectivity index (χ1) is 9.74. The van der Waals surface area contributed by atoms with E-state index in [9.17, 15) is 9.59 Å². The Labute approximate surface area is 121 Å². The molecule has 114 valence electrons. The van der Waals surface area contributed by atoms with Crippen molar-refractivity contribution in [2.75, 3.05) is 13.1 Å². The van der Waals surface area contributed by atoms with E-state index in [1.807, 2.05) is 0 Å². The summed E-state index contributed by atoms with van der Waals surface area (Å²) < 4.78 is 0. The second-order valence-electron chi connectivity index (χ2n) is 6.04. The van der Waals surface area contributed by atoms with E-state index >= 15 is 0 Å². The zero-order valence-electron chi connectivity index (χ0n) is 12.3. The Morgan fingerprint density at radius 2 is 1.95 bits per heavy atom. The molecule has 2 rings (SSSR count). The Hall–Kier alpha value is -1.10. The van der Waals surface area contributed by atoms with Gasteiger partial charge in [0.25, 0.3) is 0 Å². The molecule has 1 heterocycles. The Bertz CT molecular complexity index is 333. The smallest absolute Gasteiger partial charge is 0.329 e. The van der Waals surface area contributed by atoms with Gasteiger partial charge < -0.3 is 10.5 Å². The molecule has 0 radical (unpaired) electrons. The molecule has 0 aromatic carbocycles. The third kappa shape index (κ3) is 3.72. The highest BCUT2D eigenvalue weighted by atomic mass is 16.2. The number of carbonyl (C=O) groups is 2. The van der Waals surface area contributed by atoms with Crippen molar-refractivity contribution >= 4 is 12.3 Å². The molecule has 20 heavy (non-hydrogen) atoms. The van der Waals surface area contributed by atoms with E-state index in [0.29, 0.717) is 19.0 Å². The number of amides is 2. The average Bonchev–Trinajstić information content (AvgIpc) is 2.47. The summed E-state index contributed by atoms with van der Waals surface area (Å²) in [6, 6.07) is 0.151. The van der Waals surface area contributed by atoms with E-state index in [2.05, 4.69) is 5.01 Å². The highest BCUT2D eigenvalue weighted by molar-refractivity contribution is 5.71. The maximum Gasteiger partial charge on any atom is 0.329 e. The van der Waals surface area contributed by atoms with Gasteiger partial charge in [0.1, 0.15) is 6.29 Å². The minimum Gasteiger partial charge on any atom is -0.350 e. The summed E-state index contributed by atoms with van der Waals surface area (Å²) in [4.78, 5) is 22.1. The van der Waals surface area contributed by atoms with Crippen LogP contribution >= 0.6 is 0 Å². The summed E-state index contributed by atoms with van der Waals surface area (Å²) in [5.41, 5.74) is 5.58. The number of nitrogens with two attached hydrogens (primary N) is 1. The van der Waals surface area contributed by atoms with Crippen LogP contribution in [0.1, 0.15) is 57.8 Å². The van der Waals surface area contributed by atoms with E-state index in [1.165, 1.54) is 32.1 Å². The van der Waals surface area contributed by atoms with Gasteiger partial charge in [-0.1, -0.05) is 12.8 Å². The van der Waals surface area contributed by atoms with Gasteiger partial charge in [0.05, 0.1) is 0 Å². The van der Waals surface area contributed by atoms with Crippen LogP contribution < -0.4 is 5.73 Å². The molecule has 2 amide bonds. The molecule has 1 aliphatic carbocycles. The van der Waals surface area contributed by atoms with Crippen LogP contribution in [0.2, 0.25) is 0 Å². The molecule has 0 aromatic rings. The van der Waals surface area contributed by atoms with E-state index in [-0.39, 0.29) is 6.03 Å². The van der Waals surface area contributed by atoms with Gasteiger partial charge in [-0.3, -0.25) is 5.01 Å². The number of hydrazine groups is 1. The molecule has 2 N–H and O–H groups in total. The molecular formula is C15H27N3O2. The van der Waals surface area contributed by atoms with Gasteiger partial charge in [0.15, 0.2) is 0 Å². The normalized spacial score (nSPS) is 26.8. The summed E-state index contributed by atoms with van der Waals surface area (Å²) in [6.07, 6.45) is 10.7. The lowest BCUT2D eigenvalue weighted by atomic mass is 9.79. The highest BCUT2D eigenvalue weighted by Crippen LogP contribution is 2.36. The number of nitrogens with zero attached hydrogens (tertiary/aromatic N) is 2. The molecule has 2 aliphatic rings. The minimum atomic E-state index is -0.345. The fourth-order valence-corrected chi connectivity index (χ4v) is 3.75. The van der Waals surface area contributed by atoms with Gasteiger partial charge in [-0.05, 0) is 44.4 Å². The van der Waals surface area contributed by atoms with Crippen LogP contribution in [0.5, 0.6) is 0 Å². The molecule has 2 atom stereocenters. The van der Waals surface area contributed by atoms with Crippen molar-refractivity contribution in [3.8, 4) is 0 Å². The number of hydrogen-bond acceptors (Lipinski definition) is 3. The number of unbranched alkanes of at least 4 members (excludes halogenated alkanes) is 2. The van der Waals surface area contributed by atoms with Crippen molar-refractivity contribution in [3.63, 3.8) is 0 Å². The third-order valence-corrected chi connectivity index (χ3v) is 4.72. The Morgan fingerprint density at radius 3 is 2.70 bits per heavy atom. The van der Waals surface area contributed by atoms with E-state index in [4.69, 9.17) is 5.73 Å². The van der Waals surface area contributed by atoms with Gasteiger partial charge in [-0.2, -0.15) is 0 Å². The van der Waals surface area contributed by atoms with Crippen molar-refractivity contribution in [1.29, 1.82) is 0 Å². The van der Waals surface area contributed by atoms with E-state index in [0.717, 1.165) is 38.0 Å². The lowest BCUT2D eigenvalue weighted by Crippen LogP contribution is -2.58. The number of aldehydes is 1. The molecule has 1 aliphatic heterocycles. The lowest BCUT2D eigenvalue weighted by Gasteiger charge is -2.48. The molecular weight excluding hydrogens is 254 g/mol. The predicted octanol–water partition coefficient (Wildman–Crippen LogP) is 2.31. The number of primary amides is 1. The molecule has 2 unspecified atom stereocenters. The second kappa shape index (κ2) is 7.62. The number of piperidine rings is 1. The van der Waals surface area contributed by atoms with E-state index in [1.54, 1.807) is 5.01 Å². The topological polar surface area (TPSA) is 66.6 Å². The molecule has 5 heteroatoms. The quantitative estimate of drug-likeness (QED) is 0.600. The van der Waals surface area contributed by atoms with Crippen LogP contribution in [0.4, 0.5) is 4.79 Å². The van der Waals surface area contributed by atoms with Crippen LogP contribution in [0.3, 0.4) is 0 Å². The summed E-state index contributed by atoms with van der Waals surface area (Å²) in [5.74, 6) is 0.731. The van der Waals surface area contributed by atoms with Crippen LogP contribution in [0.25, 0.3) is 0 Å². The zero-order valence-corrected chi connectivity index (χ0v) is 12.3. The van der Waals surface area contributed by atoms with Crippen LogP contribution in [-0.4, -0.2) is 41.5 Å². The Morgan fingerprint density at radius 1 is 1.20 bits per heavy atom. The van der Waals surface area contributed by atoms with Crippen molar-refractivity contribution in [2.45, 2.75) is 63.8 Å². The summed E-state index contributed by atoms with van der Waals surface area (Å²) in [6.45, 7) is 1.59. The maximum atomic E-state index is 11.8. The van der Waals surface area contributed by atoms with Gasteiger partial charge >= 0.3 is 6.03 Å². The van der Waals surface area contributed by atoms with Crippen molar-refractivity contribution in [3.05, 3.63) is 0 Å². The number of rotatable bonds is 6. The standard InChI is InChI=1S/C15H27N3O2/c16-15(20)18(10-4-1-5-12-19)17-11-6-8-13-7-2-3-9-14(13)17/h12-14H,1-11H2,(H2,16,20). The number of urea groups is 1. The van der Waals surface area contributed by atoms with Gasteiger partial charge in [-0.15, -0.1) is 0 Å². The first-order valence-electron chi connectivity index (χ1n) is 8.01. The molecule has 5 nitrogen and oxygen atoms in total. The minimum absolute atomic E-state index is 0.345. The second-order valence-corrected chi connectivity index (χ2v) is 6.04. The fraction of sp³-hybridized carbons (Fsp3) is 0.867. The summed E-state index contributed by atoms with van der Waals surface area (Å²) in [5, 5.41) is 3.98. The fourth-order valence-electron chi connectivity index (χ4n) is 3.75. The molecule has 0 bridgehead atoms. The Balaban J connectivity index is 1.95. The zero-order chi connectivity index (χ0) is 14.4. The average molecular weight is 281 g/mol. The molecule has 1 saturated heterocycles. The van der Waals surface area contributed by atoms with Gasteiger partial charge in [-0.25, -0.2) is 9.80 Å². The first kappa shape index (κ1) is 15.3. The monoisotopic (exact) mass is 281 g/mol. The van der Waals surface area contributed by atoms with Gasteiger partial charge in [0, 0.05) is 25.6 Å². The summed E-state index contributed by atoms with van der Waals surface area (Å²) in [7, 11) is 0. The van der Waals surface area contributed by atoms with Crippen LogP contribution in [-0.2, 0) is 4.79 Å². The van der Waals surface area contributed by atoms with Crippen molar-refractivity contribution < 1.29 is 9.59 Å². The molecule has 0 spiro atoms. The SMILES string of the molecule is NC(=O)N(CCCCC=O)N1CCCC2CCCCC21. The van der Waals surface area contributed by atoms with Gasteiger partial charge in [0.2, 0.25) is 0 Å². The number of hydrogen-bond donors (Lipinski definition) is 1. The maximum absolute atomic E-state index is 11.8. The number of fused-ring (bicyclic) bond motifs is 1. The van der Waals surface area contributed by atoms with Crippen LogP contribution in [0.15, 0.2) is 0 Å². The number of carbonyl (C=O) groups excluding carboxylic acids is 2. The molecule has 2 fully saturated rings. The highest BCUT2D eigenvalue weighted by Gasteiger charge is 2.36. The van der Waals surface area contributed by atoms with Crippen molar-refractivity contribution in [1.82, 2.24) is 10.0 Å². The molecule has 0 aromatic heterocycles. The Kier molecular flexibility index (Phi) is 5.83. The largest absolute Gasteiger partial charge is 0.350 e. The first-order valence-corrected chi connectivity index (χ1v) is 8.01.